The highest BCUT2D eigenvalue weighted by Gasteiger charge is 2.36. The first-order valence-electron chi connectivity index (χ1n) is 4.91. The van der Waals surface area contributed by atoms with Gasteiger partial charge in [-0.2, -0.15) is 0 Å². The molecule has 1 saturated heterocycles. The molecule has 1 rings (SSSR count). The van der Waals surface area contributed by atoms with E-state index in [1.54, 1.807) is 0 Å². The highest BCUT2D eigenvalue weighted by molar-refractivity contribution is 5.69. The Morgan fingerprint density at radius 2 is 2.14 bits per heavy atom. The highest BCUT2D eigenvalue weighted by atomic mass is 16.5. The molecular formula is C10H18O4. The van der Waals surface area contributed by atoms with E-state index in [2.05, 4.69) is 4.74 Å². The van der Waals surface area contributed by atoms with Crippen LogP contribution in [0.4, 0.5) is 0 Å². The lowest BCUT2D eigenvalue weighted by Gasteiger charge is -2.37. The van der Waals surface area contributed by atoms with Gasteiger partial charge in [0.05, 0.1) is 19.6 Å². The molecule has 0 aromatic rings. The van der Waals surface area contributed by atoms with Gasteiger partial charge < -0.3 is 14.6 Å². The maximum atomic E-state index is 11.0. The van der Waals surface area contributed by atoms with Crippen molar-refractivity contribution >= 4 is 5.97 Å². The minimum atomic E-state index is -0.626. The van der Waals surface area contributed by atoms with Gasteiger partial charge >= 0.3 is 5.97 Å². The van der Waals surface area contributed by atoms with Crippen molar-refractivity contribution < 1.29 is 19.4 Å². The third kappa shape index (κ3) is 2.69. The molecule has 1 N–H and O–H groups in total. The lowest BCUT2D eigenvalue weighted by Crippen LogP contribution is -2.39. The molecule has 1 fully saturated rings. The molecule has 1 atom stereocenters. The fraction of sp³-hybridized carbons (Fsp3) is 0.900. The molecule has 0 radical (unpaired) electrons. The lowest BCUT2D eigenvalue weighted by molar-refractivity contribution is -0.146. The Balaban J connectivity index is 2.48. The first-order valence-corrected chi connectivity index (χ1v) is 4.91. The van der Waals surface area contributed by atoms with Gasteiger partial charge in [0.15, 0.2) is 0 Å². The zero-order valence-corrected chi connectivity index (χ0v) is 8.78. The summed E-state index contributed by atoms with van der Waals surface area (Å²) in [5, 5.41) is 9.88. The summed E-state index contributed by atoms with van der Waals surface area (Å²) in [4.78, 5) is 11.0. The van der Waals surface area contributed by atoms with Crippen LogP contribution in [-0.2, 0) is 14.3 Å². The molecule has 0 aliphatic carbocycles. The minimum Gasteiger partial charge on any atom is -0.469 e. The number of methoxy groups -OCH3 is 1. The summed E-state index contributed by atoms with van der Waals surface area (Å²) in [6, 6.07) is 0. The lowest BCUT2D eigenvalue weighted by atomic mass is 9.76. The van der Waals surface area contributed by atoms with Gasteiger partial charge in [-0.1, -0.05) is 6.92 Å². The number of carbonyl (C=O) groups is 1. The van der Waals surface area contributed by atoms with Crippen LogP contribution in [0.1, 0.15) is 26.2 Å². The topological polar surface area (TPSA) is 55.8 Å². The fourth-order valence-corrected chi connectivity index (χ4v) is 1.66. The van der Waals surface area contributed by atoms with Gasteiger partial charge in [0.25, 0.3) is 0 Å². The quantitative estimate of drug-likeness (QED) is 0.685. The summed E-state index contributed by atoms with van der Waals surface area (Å²) >= 11 is 0. The Labute approximate surface area is 84.2 Å². The molecule has 0 aromatic carbocycles. The number of esters is 1. The van der Waals surface area contributed by atoms with Crippen LogP contribution in [0.15, 0.2) is 0 Å². The Bertz CT molecular complexity index is 196. The minimum absolute atomic E-state index is 0.0764. The summed E-state index contributed by atoms with van der Waals surface area (Å²) in [5.41, 5.74) is -0.202. The number of hydrogen-bond donors (Lipinski definition) is 1. The van der Waals surface area contributed by atoms with Gasteiger partial charge in [-0.15, -0.1) is 0 Å². The summed E-state index contributed by atoms with van der Waals surface area (Å²) in [5.74, 6) is -0.356. The van der Waals surface area contributed by atoms with Crippen molar-refractivity contribution in [1.29, 1.82) is 0 Å². The molecule has 4 nitrogen and oxygen atoms in total. The van der Waals surface area contributed by atoms with E-state index in [9.17, 15) is 9.90 Å². The number of hydrogen-bond acceptors (Lipinski definition) is 4. The molecule has 1 heterocycles. The van der Waals surface area contributed by atoms with E-state index in [4.69, 9.17) is 4.74 Å². The monoisotopic (exact) mass is 202 g/mol. The zero-order chi connectivity index (χ0) is 10.6. The predicted molar refractivity (Wildman–Crippen MR) is 50.8 cm³/mol. The first kappa shape index (κ1) is 11.5. The Morgan fingerprint density at radius 1 is 1.57 bits per heavy atom. The van der Waals surface area contributed by atoms with Crippen LogP contribution in [0, 0.1) is 5.41 Å². The number of carbonyl (C=O) groups excluding carboxylic acids is 1. The van der Waals surface area contributed by atoms with Crippen molar-refractivity contribution in [3.63, 3.8) is 0 Å². The van der Waals surface area contributed by atoms with Crippen molar-refractivity contribution in [2.24, 2.45) is 5.41 Å². The molecular weight excluding hydrogens is 184 g/mol. The van der Waals surface area contributed by atoms with Crippen LogP contribution < -0.4 is 0 Å². The maximum Gasteiger partial charge on any atom is 0.308 e. The second kappa shape index (κ2) is 4.75. The summed E-state index contributed by atoms with van der Waals surface area (Å²) in [7, 11) is 1.33. The van der Waals surface area contributed by atoms with Gasteiger partial charge in [-0.25, -0.2) is 0 Å². The largest absolute Gasteiger partial charge is 0.469 e. The summed E-state index contributed by atoms with van der Waals surface area (Å²) in [6.45, 7) is 3.31. The molecule has 82 valence electrons. The molecule has 0 spiro atoms. The number of aliphatic hydroxyl groups excluding tert-OH is 1. The molecule has 0 bridgehead atoms. The van der Waals surface area contributed by atoms with E-state index in [1.165, 1.54) is 7.11 Å². The van der Waals surface area contributed by atoms with Gasteiger partial charge in [-0.05, 0) is 18.3 Å². The van der Waals surface area contributed by atoms with Crippen molar-refractivity contribution in [3.8, 4) is 0 Å². The summed E-state index contributed by atoms with van der Waals surface area (Å²) in [6.07, 6.45) is 1.04. The van der Waals surface area contributed by atoms with Crippen LogP contribution in [0.2, 0.25) is 0 Å². The average Bonchev–Trinajstić information content (AvgIpc) is 2.18. The van der Waals surface area contributed by atoms with E-state index >= 15 is 0 Å². The molecule has 0 saturated carbocycles. The number of aliphatic hydroxyl groups is 1. The van der Waals surface area contributed by atoms with Gasteiger partial charge in [0, 0.05) is 13.2 Å². The standard InChI is InChI=1S/C10H18O4/c1-10(3-5-14-6-4-10)8(11)7-9(12)13-2/h8,11H,3-7H2,1-2H3. The van der Waals surface area contributed by atoms with E-state index < -0.39 is 6.10 Å². The molecule has 14 heavy (non-hydrogen) atoms. The number of ether oxygens (including phenoxy) is 2. The average molecular weight is 202 g/mol. The third-order valence-corrected chi connectivity index (χ3v) is 3.03. The summed E-state index contributed by atoms with van der Waals surface area (Å²) < 4.78 is 9.75. The molecule has 1 aliphatic rings. The van der Waals surface area contributed by atoms with Gasteiger partial charge in [0.1, 0.15) is 0 Å². The molecule has 0 aromatic heterocycles. The van der Waals surface area contributed by atoms with Crippen molar-refractivity contribution in [2.45, 2.75) is 32.3 Å². The van der Waals surface area contributed by atoms with Crippen molar-refractivity contribution in [2.75, 3.05) is 20.3 Å². The van der Waals surface area contributed by atoms with E-state index in [0.29, 0.717) is 13.2 Å². The van der Waals surface area contributed by atoms with E-state index in [-0.39, 0.29) is 17.8 Å². The van der Waals surface area contributed by atoms with Crippen molar-refractivity contribution in [3.05, 3.63) is 0 Å². The van der Waals surface area contributed by atoms with Crippen LogP contribution in [0.5, 0.6) is 0 Å². The smallest absolute Gasteiger partial charge is 0.308 e. The Hall–Kier alpha value is -0.610. The molecule has 0 amide bonds. The van der Waals surface area contributed by atoms with Crippen molar-refractivity contribution in [1.82, 2.24) is 0 Å². The van der Waals surface area contributed by atoms with Crippen LogP contribution in [-0.4, -0.2) is 37.5 Å². The molecule has 1 aliphatic heterocycles. The van der Waals surface area contributed by atoms with E-state index in [0.717, 1.165) is 12.8 Å². The van der Waals surface area contributed by atoms with Crippen LogP contribution in [0.3, 0.4) is 0 Å². The maximum absolute atomic E-state index is 11.0. The SMILES string of the molecule is COC(=O)CC(O)C1(C)CCOCC1. The third-order valence-electron chi connectivity index (χ3n) is 3.03. The van der Waals surface area contributed by atoms with Gasteiger partial charge in [0.2, 0.25) is 0 Å². The predicted octanol–water partition coefficient (Wildman–Crippen LogP) is 0.727. The second-order valence-electron chi connectivity index (χ2n) is 4.06. The Kier molecular flexibility index (Phi) is 3.89. The molecule has 4 heteroatoms. The Morgan fingerprint density at radius 3 is 2.64 bits per heavy atom. The van der Waals surface area contributed by atoms with E-state index in [1.807, 2.05) is 6.92 Å². The second-order valence-corrected chi connectivity index (χ2v) is 4.06. The first-order chi connectivity index (χ1) is 6.58. The zero-order valence-electron chi connectivity index (χ0n) is 8.78. The van der Waals surface area contributed by atoms with Gasteiger partial charge in [-0.3, -0.25) is 4.79 Å². The molecule has 1 unspecified atom stereocenters. The van der Waals surface area contributed by atoms with Crippen LogP contribution >= 0.6 is 0 Å². The normalized spacial score (nSPS) is 22.8. The number of rotatable bonds is 3. The van der Waals surface area contributed by atoms with Crippen LogP contribution in [0.25, 0.3) is 0 Å². The fourth-order valence-electron chi connectivity index (χ4n) is 1.66. The highest BCUT2D eigenvalue weighted by Crippen LogP contribution is 2.34.